The van der Waals surface area contributed by atoms with E-state index in [2.05, 4.69) is 22.2 Å². The lowest BCUT2D eigenvalue weighted by Crippen LogP contribution is -2.29. The number of carboxylic acid groups (broad SMARTS) is 1. The Morgan fingerprint density at radius 2 is 2.39 bits per heavy atom. The van der Waals surface area contributed by atoms with E-state index in [9.17, 15) is 4.79 Å². The first-order valence-corrected chi connectivity index (χ1v) is 6.46. The van der Waals surface area contributed by atoms with Crippen LogP contribution in [0, 0.1) is 5.92 Å². The first-order chi connectivity index (χ1) is 8.70. The van der Waals surface area contributed by atoms with Crippen molar-refractivity contribution in [3.8, 4) is 0 Å². The smallest absolute Gasteiger partial charge is 0.339 e. The fourth-order valence-corrected chi connectivity index (χ4v) is 2.07. The predicted octanol–water partition coefficient (Wildman–Crippen LogP) is 1.84. The molecule has 18 heavy (non-hydrogen) atoms. The Kier molecular flexibility index (Phi) is 4.25. The number of hydrogen-bond acceptors (Lipinski definition) is 4. The number of carboxylic acids is 1. The van der Waals surface area contributed by atoms with Crippen LogP contribution in [0.5, 0.6) is 0 Å². The second-order valence-electron chi connectivity index (χ2n) is 4.85. The molecule has 1 saturated carbocycles. The second-order valence-corrected chi connectivity index (χ2v) is 4.85. The molecule has 0 spiro atoms. The molecule has 1 unspecified atom stereocenters. The number of rotatable bonds is 7. The number of hydrogen-bond donors (Lipinski definition) is 2. The van der Waals surface area contributed by atoms with Crippen molar-refractivity contribution >= 4 is 5.97 Å². The minimum atomic E-state index is -0.970. The van der Waals surface area contributed by atoms with Crippen molar-refractivity contribution in [2.75, 3.05) is 0 Å². The van der Waals surface area contributed by atoms with Crippen molar-refractivity contribution in [3.05, 3.63) is 23.8 Å². The molecule has 1 aromatic heterocycles. The Labute approximate surface area is 107 Å². The summed E-state index contributed by atoms with van der Waals surface area (Å²) in [6, 6.07) is 0.453. The topological polar surface area (TPSA) is 75.1 Å². The number of carbonyl (C=O) groups is 1. The average Bonchev–Trinajstić information content (AvgIpc) is 3.18. The van der Waals surface area contributed by atoms with Crippen molar-refractivity contribution < 1.29 is 9.90 Å². The molecule has 0 amide bonds. The highest BCUT2D eigenvalue weighted by molar-refractivity contribution is 5.88. The highest BCUT2D eigenvalue weighted by atomic mass is 16.4. The van der Waals surface area contributed by atoms with Crippen molar-refractivity contribution in [2.45, 2.75) is 45.2 Å². The van der Waals surface area contributed by atoms with Gasteiger partial charge in [-0.25, -0.2) is 14.8 Å². The largest absolute Gasteiger partial charge is 0.478 e. The molecule has 2 N–H and O–H groups in total. The minimum Gasteiger partial charge on any atom is -0.478 e. The first kappa shape index (κ1) is 13.0. The standard InChI is InChI=1S/C13H19N3O2/c1-2-10(5-9-3-4-9)15-7-12-11(13(17)18)6-14-8-16-12/h6,8-10,15H,2-5,7H2,1H3,(H,17,18). The maximum absolute atomic E-state index is 11.0. The fraction of sp³-hybridized carbons (Fsp3) is 0.615. The van der Waals surface area contributed by atoms with E-state index in [0.717, 1.165) is 12.3 Å². The van der Waals surface area contributed by atoms with Gasteiger partial charge in [0.15, 0.2) is 0 Å². The number of aromatic carboxylic acids is 1. The Hall–Kier alpha value is -1.49. The van der Waals surface area contributed by atoms with Crippen LogP contribution in [0.25, 0.3) is 0 Å². The summed E-state index contributed by atoms with van der Waals surface area (Å²) in [5, 5.41) is 12.4. The van der Waals surface area contributed by atoms with Gasteiger partial charge in [0.2, 0.25) is 0 Å². The summed E-state index contributed by atoms with van der Waals surface area (Å²) in [5.74, 6) is -0.102. The summed E-state index contributed by atoms with van der Waals surface area (Å²) in [6.07, 6.45) is 7.67. The van der Waals surface area contributed by atoms with Gasteiger partial charge >= 0.3 is 5.97 Å². The van der Waals surface area contributed by atoms with Gasteiger partial charge < -0.3 is 10.4 Å². The predicted molar refractivity (Wildman–Crippen MR) is 67.3 cm³/mol. The van der Waals surface area contributed by atoms with Crippen LogP contribution in [-0.4, -0.2) is 27.1 Å². The summed E-state index contributed by atoms with van der Waals surface area (Å²) in [5.41, 5.74) is 0.748. The molecular formula is C13H19N3O2. The van der Waals surface area contributed by atoms with Gasteiger partial charge in [0.1, 0.15) is 11.9 Å². The third-order valence-electron chi connectivity index (χ3n) is 3.39. The van der Waals surface area contributed by atoms with E-state index in [4.69, 9.17) is 5.11 Å². The summed E-state index contributed by atoms with van der Waals surface area (Å²) in [4.78, 5) is 18.8. The van der Waals surface area contributed by atoms with E-state index < -0.39 is 5.97 Å². The molecule has 1 heterocycles. The molecule has 0 aromatic carbocycles. The van der Waals surface area contributed by atoms with Gasteiger partial charge in [0.05, 0.1) is 5.69 Å². The molecule has 1 aliphatic rings. The number of aromatic nitrogens is 2. The van der Waals surface area contributed by atoms with E-state index in [1.54, 1.807) is 0 Å². The molecule has 1 aromatic rings. The molecule has 1 aliphatic carbocycles. The molecule has 5 heteroatoms. The lowest BCUT2D eigenvalue weighted by atomic mass is 10.1. The Morgan fingerprint density at radius 1 is 1.61 bits per heavy atom. The lowest BCUT2D eigenvalue weighted by Gasteiger charge is -2.16. The van der Waals surface area contributed by atoms with Crippen molar-refractivity contribution in [1.82, 2.24) is 15.3 Å². The van der Waals surface area contributed by atoms with Gasteiger partial charge in [-0.2, -0.15) is 0 Å². The third kappa shape index (κ3) is 3.50. The van der Waals surface area contributed by atoms with Crippen molar-refractivity contribution in [2.24, 2.45) is 5.92 Å². The minimum absolute atomic E-state index is 0.186. The Morgan fingerprint density at radius 3 is 3.00 bits per heavy atom. The lowest BCUT2D eigenvalue weighted by molar-refractivity contribution is 0.0694. The van der Waals surface area contributed by atoms with Crippen LogP contribution in [0.1, 0.15) is 48.7 Å². The van der Waals surface area contributed by atoms with Gasteiger partial charge in [0.25, 0.3) is 0 Å². The van der Waals surface area contributed by atoms with Crippen LogP contribution in [-0.2, 0) is 6.54 Å². The summed E-state index contributed by atoms with van der Waals surface area (Å²) in [6.45, 7) is 2.65. The quantitative estimate of drug-likeness (QED) is 0.771. The van der Waals surface area contributed by atoms with Crippen LogP contribution < -0.4 is 5.32 Å². The maximum atomic E-state index is 11.0. The van der Waals surface area contributed by atoms with Gasteiger partial charge in [-0.15, -0.1) is 0 Å². The second kappa shape index (κ2) is 5.91. The number of nitrogens with zero attached hydrogens (tertiary/aromatic N) is 2. The summed E-state index contributed by atoms with van der Waals surface area (Å²) < 4.78 is 0. The van der Waals surface area contributed by atoms with Crippen molar-refractivity contribution in [1.29, 1.82) is 0 Å². The van der Waals surface area contributed by atoms with E-state index in [0.29, 0.717) is 18.3 Å². The molecule has 0 radical (unpaired) electrons. The van der Waals surface area contributed by atoms with Gasteiger partial charge in [0, 0.05) is 18.8 Å². The fourth-order valence-electron chi connectivity index (χ4n) is 2.07. The zero-order chi connectivity index (χ0) is 13.0. The van der Waals surface area contributed by atoms with E-state index in [1.165, 1.54) is 31.8 Å². The molecule has 2 rings (SSSR count). The van der Waals surface area contributed by atoms with Crippen molar-refractivity contribution in [3.63, 3.8) is 0 Å². The molecule has 1 fully saturated rings. The van der Waals surface area contributed by atoms with Crippen LogP contribution in [0.15, 0.2) is 12.5 Å². The van der Waals surface area contributed by atoms with Crippen LogP contribution in [0.4, 0.5) is 0 Å². The highest BCUT2D eigenvalue weighted by Gasteiger charge is 2.24. The molecule has 0 aliphatic heterocycles. The zero-order valence-corrected chi connectivity index (χ0v) is 10.6. The monoisotopic (exact) mass is 249 g/mol. The van der Waals surface area contributed by atoms with Gasteiger partial charge in [-0.1, -0.05) is 19.8 Å². The van der Waals surface area contributed by atoms with E-state index >= 15 is 0 Å². The molecule has 5 nitrogen and oxygen atoms in total. The average molecular weight is 249 g/mol. The zero-order valence-electron chi connectivity index (χ0n) is 10.6. The SMILES string of the molecule is CCC(CC1CC1)NCc1ncncc1C(=O)O. The van der Waals surface area contributed by atoms with Crippen LogP contribution in [0.3, 0.4) is 0 Å². The van der Waals surface area contributed by atoms with Crippen LogP contribution in [0.2, 0.25) is 0 Å². The Bertz CT molecular complexity index is 418. The highest BCUT2D eigenvalue weighted by Crippen LogP contribution is 2.34. The summed E-state index contributed by atoms with van der Waals surface area (Å²) in [7, 11) is 0. The summed E-state index contributed by atoms with van der Waals surface area (Å²) >= 11 is 0. The van der Waals surface area contributed by atoms with E-state index in [-0.39, 0.29) is 5.56 Å². The molecule has 98 valence electrons. The van der Waals surface area contributed by atoms with E-state index in [1.807, 2.05) is 0 Å². The number of nitrogens with one attached hydrogen (secondary N) is 1. The van der Waals surface area contributed by atoms with Gasteiger partial charge in [-0.05, 0) is 18.8 Å². The third-order valence-corrected chi connectivity index (χ3v) is 3.39. The molecule has 1 atom stereocenters. The first-order valence-electron chi connectivity index (χ1n) is 6.46. The Balaban J connectivity index is 1.93. The normalized spacial score (nSPS) is 16.5. The van der Waals surface area contributed by atoms with Crippen LogP contribution >= 0.6 is 0 Å². The van der Waals surface area contributed by atoms with Gasteiger partial charge in [-0.3, -0.25) is 0 Å². The maximum Gasteiger partial charge on any atom is 0.339 e. The molecule has 0 bridgehead atoms. The molecular weight excluding hydrogens is 230 g/mol. The molecule has 0 saturated heterocycles.